The summed E-state index contributed by atoms with van der Waals surface area (Å²) in [7, 11) is 1.86. The lowest BCUT2D eigenvalue weighted by Gasteiger charge is -2.22. The lowest BCUT2D eigenvalue weighted by molar-refractivity contribution is 0.138. The highest BCUT2D eigenvalue weighted by Gasteiger charge is 2.19. The quantitative estimate of drug-likeness (QED) is 0.827. The zero-order chi connectivity index (χ0) is 13.4. The van der Waals surface area contributed by atoms with Crippen LogP contribution >= 0.6 is 15.9 Å². The number of benzene rings is 1. The van der Waals surface area contributed by atoms with Crippen LogP contribution in [0.2, 0.25) is 0 Å². The van der Waals surface area contributed by atoms with Gasteiger partial charge in [-0.25, -0.2) is 4.39 Å². The van der Waals surface area contributed by atoms with Crippen molar-refractivity contribution in [1.82, 2.24) is 9.55 Å². The molecular weight excluding hydrogens is 311 g/mol. The van der Waals surface area contributed by atoms with E-state index in [1.807, 2.05) is 17.7 Å². The van der Waals surface area contributed by atoms with Crippen LogP contribution in [0.5, 0.6) is 6.01 Å². The number of hydrogen-bond acceptors (Lipinski definition) is 2. The molecule has 0 unspecified atom stereocenters. The van der Waals surface area contributed by atoms with E-state index < -0.39 is 0 Å². The van der Waals surface area contributed by atoms with Gasteiger partial charge in [-0.05, 0) is 37.8 Å². The van der Waals surface area contributed by atoms with Crippen LogP contribution < -0.4 is 4.74 Å². The summed E-state index contributed by atoms with van der Waals surface area (Å²) in [4.78, 5) is 4.29. The molecule has 3 nitrogen and oxygen atoms in total. The van der Waals surface area contributed by atoms with E-state index in [1.165, 1.54) is 25.3 Å². The second-order valence-electron chi connectivity index (χ2n) is 5.09. The molecule has 0 bridgehead atoms. The number of ether oxygens (including phenoxy) is 1. The molecule has 0 spiro atoms. The van der Waals surface area contributed by atoms with Gasteiger partial charge in [0, 0.05) is 11.5 Å². The largest absolute Gasteiger partial charge is 0.461 e. The van der Waals surface area contributed by atoms with E-state index in [2.05, 4.69) is 20.9 Å². The highest BCUT2D eigenvalue weighted by molar-refractivity contribution is 9.10. The molecule has 19 heavy (non-hydrogen) atoms. The van der Waals surface area contributed by atoms with Gasteiger partial charge in [0.05, 0.1) is 5.52 Å². The lowest BCUT2D eigenvalue weighted by atomic mass is 9.98. The first kappa shape index (κ1) is 12.9. The van der Waals surface area contributed by atoms with Gasteiger partial charge in [0.25, 0.3) is 6.01 Å². The minimum atomic E-state index is -0.321. The van der Waals surface area contributed by atoms with Gasteiger partial charge >= 0.3 is 0 Å². The van der Waals surface area contributed by atoms with E-state index in [-0.39, 0.29) is 11.9 Å². The van der Waals surface area contributed by atoms with Gasteiger partial charge in [0.2, 0.25) is 0 Å². The number of rotatable bonds is 2. The average Bonchev–Trinajstić information content (AvgIpc) is 2.69. The summed E-state index contributed by atoms with van der Waals surface area (Å²) in [5.41, 5.74) is 1.12. The van der Waals surface area contributed by atoms with Crippen molar-refractivity contribution in [2.45, 2.75) is 38.2 Å². The Morgan fingerprint density at radius 3 is 2.79 bits per heavy atom. The van der Waals surface area contributed by atoms with E-state index in [4.69, 9.17) is 4.74 Å². The van der Waals surface area contributed by atoms with Crippen molar-refractivity contribution in [2.75, 3.05) is 0 Å². The summed E-state index contributed by atoms with van der Waals surface area (Å²) in [5.74, 6) is -0.321. The number of hydrogen-bond donors (Lipinski definition) is 0. The SMILES string of the molecule is Cn1c(OC2CCCCC2)nc2c(F)cc(Br)cc21. The van der Waals surface area contributed by atoms with Gasteiger partial charge in [-0.1, -0.05) is 22.4 Å². The molecule has 1 aliphatic carbocycles. The molecule has 2 aromatic rings. The fraction of sp³-hybridized carbons (Fsp3) is 0.500. The number of aryl methyl sites for hydroxylation is 1. The normalized spacial score (nSPS) is 17.0. The number of halogens is 2. The topological polar surface area (TPSA) is 27.1 Å². The molecule has 102 valence electrons. The summed E-state index contributed by atoms with van der Waals surface area (Å²) in [6.07, 6.45) is 6.04. The van der Waals surface area contributed by atoms with Crippen LogP contribution in [-0.4, -0.2) is 15.7 Å². The Morgan fingerprint density at radius 2 is 2.05 bits per heavy atom. The predicted molar refractivity (Wildman–Crippen MR) is 75.9 cm³/mol. The van der Waals surface area contributed by atoms with Crippen molar-refractivity contribution in [2.24, 2.45) is 7.05 Å². The molecule has 0 saturated heterocycles. The first-order valence-corrected chi connectivity index (χ1v) is 7.42. The number of aromatic nitrogens is 2. The third-order valence-corrected chi connectivity index (χ3v) is 4.15. The maximum atomic E-state index is 13.9. The van der Waals surface area contributed by atoms with Crippen LogP contribution in [0.15, 0.2) is 16.6 Å². The summed E-state index contributed by atoms with van der Waals surface area (Å²) in [6.45, 7) is 0. The van der Waals surface area contributed by atoms with Crippen LogP contribution in [0, 0.1) is 5.82 Å². The zero-order valence-electron chi connectivity index (χ0n) is 10.8. The molecular formula is C14H16BrFN2O. The van der Waals surface area contributed by atoms with Crippen LogP contribution in [0.4, 0.5) is 4.39 Å². The molecule has 0 amide bonds. The first-order valence-electron chi connectivity index (χ1n) is 6.63. The molecule has 1 aliphatic rings. The van der Waals surface area contributed by atoms with Gasteiger partial charge in [-0.15, -0.1) is 0 Å². The molecule has 1 aromatic heterocycles. The lowest BCUT2D eigenvalue weighted by Crippen LogP contribution is -2.21. The fourth-order valence-electron chi connectivity index (χ4n) is 2.63. The summed E-state index contributed by atoms with van der Waals surface area (Å²) >= 11 is 3.30. The Hall–Kier alpha value is -1.10. The summed E-state index contributed by atoms with van der Waals surface area (Å²) in [5, 5.41) is 0. The smallest absolute Gasteiger partial charge is 0.297 e. The maximum absolute atomic E-state index is 13.9. The third-order valence-electron chi connectivity index (χ3n) is 3.69. The zero-order valence-corrected chi connectivity index (χ0v) is 12.4. The molecule has 1 saturated carbocycles. The van der Waals surface area contributed by atoms with Crippen LogP contribution in [0.25, 0.3) is 11.0 Å². The molecule has 3 rings (SSSR count). The van der Waals surface area contributed by atoms with E-state index >= 15 is 0 Å². The Kier molecular flexibility index (Phi) is 3.48. The molecule has 0 atom stereocenters. The number of imidazole rings is 1. The van der Waals surface area contributed by atoms with Crippen molar-refractivity contribution < 1.29 is 9.13 Å². The second kappa shape index (κ2) is 5.12. The van der Waals surface area contributed by atoms with E-state index in [0.29, 0.717) is 16.0 Å². The third kappa shape index (κ3) is 2.48. The molecule has 1 aromatic carbocycles. The summed E-state index contributed by atoms with van der Waals surface area (Å²) < 4.78 is 22.3. The van der Waals surface area contributed by atoms with Crippen molar-refractivity contribution >= 4 is 27.0 Å². The van der Waals surface area contributed by atoms with Crippen molar-refractivity contribution in [1.29, 1.82) is 0 Å². The van der Waals surface area contributed by atoms with Crippen LogP contribution in [-0.2, 0) is 7.05 Å². The Morgan fingerprint density at radius 1 is 1.32 bits per heavy atom. The maximum Gasteiger partial charge on any atom is 0.297 e. The van der Waals surface area contributed by atoms with Crippen molar-refractivity contribution in [3.05, 3.63) is 22.4 Å². The minimum Gasteiger partial charge on any atom is -0.461 e. The van der Waals surface area contributed by atoms with Crippen molar-refractivity contribution in [3.8, 4) is 6.01 Å². The fourth-order valence-corrected chi connectivity index (χ4v) is 3.05. The number of nitrogens with zero attached hydrogens (tertiary/aromatic N) is 2. The highest BCUT2D eigenvalue weighted by Crippen LogP contribution is 2.28. The monoisotopic (exact) mass is 326 g/mol. The van der Waals surface area contributed by atoms with Gasteiger partial charge in [-0.2, -0.15) is 4.98 Å². The molecule has 5 heteroatoms. The first-order chi connectivity index (χ1) is 9.15. The van der Waals surface area contributed by atoms with Crippen LogP contribution in [0.1, 0.15) is 32.1 Å². The predicted octanol–water partition coefficient (Wildman–Crippen LogP) is 4.19. The van der Waals surface area contributed by atoms with Gasteiger partial charge in [0.15, 0.2) is 5.82 Å². The van der Waals surface area contributed by atoms with E-state index in [1.54, 1.807) is 0 Å². The average molecular weight is 327 g/mol. The Bertz CT molecular complexity index is 605. The van der Waals surface area contributed by atoms with Gasteiger partial charge in [0.1, 0.15) is 11.6 Å². The summed E-state index contributed by atoms with van der Waals surface area (Å²) in [6, 6.07) is 3.80. The minimum absolute atomic E-state index is 0.218. The van der Waals surface area contributed by atoms with Gasteiger partial charge in [-0.3, -0.25) is 4.57 Å². The van der Waals surface area contributed by atoms with Crippen molar-refractivity contribution in [3.63, 3.8) is 0 Å². The molecule has 0 N–H and O–H groups in total. The Balaban J connectivity index is 1.95. The molecule has 1 heterocycles. The Labute approximate surface area is 119 Å². The van der Waals surface area contributed by atoms with E-state index in [9.17, 15) is 4.39 Å². The van der Waals surface area contributed by atoms with Crippen LogP contribution in [0.3, 0.4) is 0 Å². The molecule has 0 radical (unpaired) electrons. The molecule has 0 aliphatic heterocycles. The standard InChI is InChI=1S/C14H16BrFN2O/c1-18-12-8-9(15)7-11(16)13(12)17-14(18)19-10-5-3-2-4-6-10/h7-8,10H,2-6H2,1H3. The number of fused-ring (bicyclic) bond motifs is 1. The highest BCUT2D eigenvalue weighted by atomic mass is 79.9. The molecule has 1 fully saturated rings. The second-order valence-corrected chi connectivity index (χ2v) is 6.00. The van der Waals surface area contributed by atoms with E-state index in [0.717, 1.165) is 18.4 Å². The van der Waals surface area contributed by atoms with Gasteiger partial charge < -0.3 is 4.74 Å².